The van der Waals surface area contributed by atoms with Gasteiger partial charge in [0.2, 0.25) is 0 Å². The van der Waals surface area contributed by atoms with Gasteiger partial charge in [0.15, 0.2) is 0 Å². The van der Waals surface area contributed by atoms with Gasteiger partial charge in [-0.1, -0.05) is 0 Å². The van der Waals surface area contributed by atoms with Crippen LogP contribution in [-0.4, -0.2) is 11.0 Å². The topological polar surface area (TPSA) is 24.9 Å². The van der Waals surface area contributed by atoms with Crippen LogP contribution in [0.1, 0.15) is 22.2 Å². The molecule has 0 aliphatic heterocycles. The number of halogens is 1. The van der Waals surface area contributed by atoms with E-state index in [0.717, 1.165) is 16.7 Å². The standard InChI is InChI=1S/C14H17BrN2S/c1-9-6-14(16-8-13(9)15)17-10(2)7-12-5-4-11(3)18-12/h4-6,8,10H,7H2,1-3H3,(H,16,17). The number of nitrogens with zero attached hydrogens (tertiary/aromatic N) is 1. The highest BCUT2D eigenvalue weighted by Gasteiger charge is 2.07. The molecule has 0 spiro atoms. The number of hydrogen-bond acceptors (Lipinski definition) is 3. The van der Waals surface area contributed by atoms with Crippen molar-refractivity contribution in [3.05, 3.63) is 44.2 Å². The summed E-state index contributed by atoms with van der Waals surface area (Å²) in [6.07, 6.45) is 2.88. The van der Waals surface area contributed by atoms with Crippen LogP contribution in [0.25, 0.3) is 0 Å². The molecule has 2 aromatic rings. The minimum Gasteiger partial charge on any atom is -0.367 e. The van der Waals surface area contributed by atoms with Crippen LogP contribution in [0.15, 0.2) is 28.9 Å². The van der Waals surface area contributed by atoms with Crippen LogP contribution in [0, 0.1) is 13.8 Å². The molecule has 0 bridgehead atoms. The maximum absolute atomic E-state index is 4.37. The molecule has 0 saturated heterocycles. The number of rotatable bonds is 4. The second-order valence-electron chi connectivity index (χ2n) is 4.58. The lowest BCUT2D eigenvalue weighted by Crippen LogP contribution is -2.18. The molecule has 0 amide bonds. The lowest BCUT2D eigenvalue weighted by Gasteiger charge is -2.14. The molecule has 0 aromatic carbocycles. The third kappa shape index (κ3) is 3.56. The van der Waals surface area contributed by atoms with E-state index < -0.39 is 0 Å². The molecule has 0 saturated carbocycles. The number of anilines is 1. The largest absolute Gasteiger partial charge is 0.367 e. The number of pyridine rings is 1. The highest BCUT2D eigenvalue weighted by molar-refractivity contribution is 9.10. The van der Waals surface area contributed by atoms with Crippen LogP contribution < -0.4 is 5.32 Å². The van der Waals surface area contributed by atoms with Gasteiger partial charge in [-0.15, -0.1) is 11.3 Å². The summed E-state index contributed by atoms with van der Waals surface area (Å²) in [6.45, 7) is 6.41. The predicted molar refractivity (Wildman–Crippen MR) is 82.5 cm³/mol. The summed E-state index contributed by atoms with van der Waals surface area (Å²) in [7, 11) is 0. The van der Waals surface area contributed by atoms with Crippen molar-refractivity contribution in [2.75, 3.05) is 5.32 Å². The number of thiophene rings is 1. The second kappa shape index (κ2) is 5.85. The van der Waals surface area contributed by atoms with Crippen molar-refractivity contribution in [3.8, 4) is 0 Å². The molecule has 0 aliphatic carbocycles. The van der Waals surface area contributed by atoms with E-state index in [9.17, 15) is 0 Å². The molecule has 96 valence electrons. The molecule has 2 heterocycles. The highest BCUT2D eigenvalue weighted by atomic mass is 79.9. The minimum absolute atomic E-state index is 0.385. The Bertz CT molecular complexity index is 536. The van der Waals surface area contributed by atoms with Gasteiger partial charge in [-0.25, -0.2) is 4.98 Å². The van der Waals surface area contributed by atoms with Gasteiger partial charge >= 0.3 is 0 Å². The Morgan fingerprint density at radius 2 is 2.17 bits per heavy atom. The Hall–Kier alpha value is -0.870. The van der Waals surface area contributed by atoms with Gasteiger partial charge in [0.25, 0.3) is 0 Å². The monoisotopic (exact) mass is 324 g/mol. The molecule has 1 unspecified atom stereocenters. The first-order valence-corrected chi connectivity index (χ1v) is 7.59. The van der Waals surface area contributed by atoms with Crippen LogP contribution in [0.4, 0.5) is 5.82 Å². The molecule has 2 nitrogen and oxygen atoms in total. The summed E-state index contributed by atoms with van der Waals surface area (Å²) >= 11 is 5.33. The number of nitrogens with one attached hydrogen (secondary N) is 1. The molecule has 0 fully saturated rings. The minimum atomic E-state index is 0.385. The normalized spacial score (nSPS) is 12.4. The smallest absolute Gasteiger partial charge is 0.126 e. The zero-order valence-electron chi connectivity index (χ0n) is 10.8. The quantitative estimate of drug-likeness (QED) is 0.891. The van der Waals surface area contributed by atoms with Crippen LogP contribution in [-0.2, 0) is 6.42 Å². The molecule has 2 aromatic heterocycles. The van der Waals surface area contributed by atoms with Crippen molar-refractivity contribution < 1.29 is 0 Å². The fourth-order valence-electron chi connectivity index (χ4n) is 1.82. The van der Waals surface area contributed by atoms with Gasteiger partial charge in [-0.05, 0) is 60.5 Å². The van der Waals surface area contributed by atoms with E-state index in [1.807, 2.05) is 17.5 Å². The van der Waals surface area contributed by atoms with Crippen LogP contribution in [0.3, 0.4) is 0 Å². The first-order chi connectivity index (χ1) is 8.54. The van der Waals surface area contributed by atoms with Crippen molar-refractivity contribution in [2.24, 2.45) is 0 Å². The molecule has 1 atom stereocenters. The van der Waals surface area contributed by atoms with E-state index in [1.54, 1.807) is 0 Å². The van der Waals surface area contributed by atoms with E-state index in [-0.39, 0.29) is 0 Å². The molecule has 0 aliphatic rings. The van der Waals surface area contributed by atoms with Crippen molar-refractivity contribution in [1.29, 1.82) is 0 Å². The van der Waals surface area contributed by atoms with Gasteiger partial charge in [-0.3, -0.25) is 0 Å². The number of aromatic nitrogens is 1. The summed E-state index contributed by atoms with van der Waals surface area (Å²) in [5.74, 6) is 0.941. The number of hydrogen-bond donors (Lipinski definition) is 1. The third-order valence-electron chi connectivity index (χ3n) is 2.74. The van der Waals surface area contributed by atoms with Crippen molar-refractivity contribution in [2.45, 2.75) is 33.2 Å². The Morgan fingerprint density at radius 1 is 1.39 bits per heavy atom. The first-order valence-electron chi connectivity index (χ1n) is 5.98. The first kappa shape index (κ1) is 13.6. The average molecular weight is 325 g/mol. The summed E-state index contributed by atoms with van der Waals surface area (Å²) in [5, 5.41) is 3.44. The lowest BCUT2D eigenvalue weighted by molar-refractivity contribution is 0.794. The molecular weight excluding hydrogens is 308 g/mol. The number of aryl methyl sites for hydroxylation is 2. The average Bonchev–Trinajstić information content (AvgIpc) is 2.69. The summed E-state index contributed by atoms with van der Waals surface area (Å²) in [5.41, 5.74) is 1.20. The van der Waals surface area contributed by atoms with Gasteiger partial charge in [-0.2, -0.15) is 0 Å². The van der Waals surface area contributed by atoms with Crippen LogP contribution in [0.2, 0.25) is 0 Å². The van der Waals surface area contributed by atoms with Gasteiger partial charge < -0.3 is 5.32 Å². The van der Waals surface area contributed by atoms with E-state index in [4.69, 9.17) is 0 Å². The predicted octanol–water partition coefficient (Wildman–Crippen LogP) is 4.57. The molecular formula is C14H17BrN2S. The Kier molecular flexibility index (Phi) is 4.40. The fraction of sp³-hybridized carbons (Fsp3) is 0.357. The molecule has 0 radical (unpaired) electrons. The zero-order valence-corrected chi connectivity index (χ0v) is 13.2. The van der Waals surface area contributed by atoms with Crippen molar-refractivity contribution in [3.63, 3.8) is 0 Å². The maximum atomic E-state index is 4.37. The summed E-state index contributed by atoms with van der Waals surface area (Å²) < 4.78 is 1.05. The molecule has 4 heteroatoms. The molecule has 18 heavy (non-hydrogen) atoms. The van der Waals surface area contributed by atoms with Gasteiger partial charge in [0.05, 0.1) is 0 Å². The van der Waals surface area contributed by atoms with E-state index in [0.29, 0.717) is 6.04 Å². The Balaban J connectivity index is 1.98. The van der Waals surface area contributed by atoms with Crippen molar-refractivity contribution >= 4 is 33.1 Å². The third-order valence-corrected chi connectivity index (χ3v) is 4.60. The Morgan fingerprint density at radius 3 is 2.78 bits per heavy atom. The Labute approximate surface area is 121 Å². The summed E-state index contributed by atoms with van der Waals surface area (Å²) in [6, 6.07) is 6.84. The van der Waals surface area contributed by atoms with Gasteiger partial charge in [0, 0.05) is 32.9 Å². The van der Waals surface area contributed by atoms with Crippen molar-refractivity contribution in [1.82, 2.24) is 4.98 Å². The zero-order chi connectivity index (χ0) is 13.1. The molecule has 2 rings (SSSR count). The lowest BCUT2D eigenvalue weighted by atomic mass is 10.2. The van der Waals surface area contributed by atoms with E-state index >= 15 is 0 Å². The van der Waals surface area contributed by atoms with Crippen LogP contribution >= 0.6 is 27.3 Å². The van der Waals surface area contributed by atoms with E-state index in [2.05, 4.69) is 65.2 Å². The summed E-state index contributed by atoms with van der Waals surface area (Å²) in [4.78, 5) is 7.16. The highest BCUT2D eigenvalue weighted by Crippen LogP contribution is 2.20. The SMILES string of the molecule is Cc1ccc(CC(C)Nc2cc(C)c(Br)cn2)s1. The van der Waals surface area contributed by atoms with E-state index in [1.165, 1.54) is 15.3 Å². The molecule has 1 N–H and O–H groups in total. The van der Waals surface area contributed by atoms with Gasteiger partial charge in [0.1, 0.15) is 5.82 Å². The van der Waals surface area contributed by atoms with Crippen LogP contribution in [0.5, 0.6) is 0 Å². The second-order valence-corrected chi connectivity index (χ2v) is 6.81. The fourth-order valence-corrected chi connectivity index (χ4v) is 3.05. The maximum Gasteiger partial charge on any atom is 0.126 e.